The molecule has 7 heteroatoms. The van der Waals surface area contributed by atoms with Crippen molar-refractivity contribution in [3.05, 3.63) is 16.0 Å². The van der Waals surface area contributed by atoms with Gasteiger partial charge in [-0.15, -0.1) is 11.3 Å². The monoisotopic (exact) mass is 379 g/mol. The van der Waals surface area contributed by atoms with E-state index in [2.05, 4.69) is 24.5 Å². The summed E-state index contributed by atoms with van der Waals surface area (Å²) in [6, 6.07) is -0.0131. The molecule has 0 aromatic carbocycles. The molecule has 3 rings (SSSR count). The van der Waals surface area contributed by atoms with Crippen LogP contribution in [0, 0.1) is 5.41 Å². The maximum atomic E-state index is 12.9. The SMILES string of the molecule is CNC[C@H]1CCCCN1C(=O)Nc1sc2c(c1C(=O)O)CC(C)(C)CC2. The Balaban J connectivity index is 1.84. The van der Waals surface area contributed by atoms with Crippen LogP contribution in [0.4, 0.5) is 9.80 Å². The molecule has 0 radical (unpaired) electrons. The fourth-order valence-corrected chi connectivity index (χ4v) is 5.32. The lowest BCUT2D eigenvalue weighted by atomic mass is 9.76. The first kappa shape index (κ1) is 19.2. The number of carboxylic acid groups (broad SMARTS) is 1. The van der Waals surface area contributed by atoms with Crippen molar-refractivity contribution in [2.75, 3.05) is 25.5 Å². The number of fused-ring (bicyclic) bond motifs is 1. The molecule has 2 heterocycles. The number of hydrogen-bond acceptors (Lipinski definition) is 4. The average molecular weight is 380 g/mol. The van der Waals surface area contributed by atoms with Crippen LogP contribution in [0.2, 0.25) is 0 Å². The first-order valence-corrected chi connectivity index (χ1v) is 10.2. The van der Waals surface area contributed by atoms with Gasteiger partial charge in [-0.1, -0.05) is 13.8 Å². The molecule has 1 aliphatic carbocycles. The van der Waals surface area contributed by atoms with Crippen LogP contribution in [0.3, 0.4) is 0 Å². The second kappa shape index (κ2) is 7.56. The van der Waals surface area contributed by atoms with Crippen LogP contribution in [0.15, 0.2) is 0 Å². The van der Waals surface area contributed by atoms with Crippen molar-refractivity contribution in [3.63, 3.8) is 0 Å². The fourth-order valence-electron chi connectivity index (χ4n) is 4.12. The van der Waals surface area contributed by atoms with E-state index in [1.807, 2.05) is 11.9 Å². The summed E-state index contributed by atoms with van der Waals surface area (Å²) < 4.78 is 0. The van der Waals surface area contributed by atoms with E-state index in [1.54, 1.807) is 0 Å². The fraction of sp³-hybridized carbons (Fsp3) is 0.684. The summed E-state index contributed by atoms with van der Waals surface area (Å²) in [6.07, 6.45) is 5.78. The second-order valence-electron chi connectivity index (χ2n) is 8.18. The quantitative estimate of drug-likeness (QED) is 0.747. The van der Waals surface area contributed by atoms with Gasteiger partial charge >= 0.3 is 12.0 Å². The molecule has 1 aromatic heterocycles. The number of carboxylic acids is 1. The molecule has 0 spiro atoms. The summed E-state index contributed by atoms with van der Waals surface area (Å²) in [4.78, 5) is 27.8. The number of carbonyl (C=O) groups excluding carboxylic acids is 1. The van der Waals surface area contributed by atoms with E-state index in [0.29, 0.717) is 10.6 Å². The van der Waals surface area contributed by atoms with Gasteiger partial charge in [-0.3, -0.25) is 5.32 Å². The number of aromatic carboxylic acids is 1. The third-order valence-electron chi connectivity index (χ3n) is 5.54. The van der Waals surface area contributed by atoms with Crippen molar-refractivity contribution < 1.29 is 14.7 Å². The molecular weight excluding hydrogens is 350 g/mol. The molecule has 1 aromatic rings. The van der Waals surface area contributed by atoms with Gasteiger partial charge < -0.3 is 15.3 Å². The van der Waals surface area contributed by atoms with Crippen molar-refractivity contribution >= 4 is 28.3 Å². The van der Waals surface area contributed by atoms with Gasteiger partial charge in [0.2, 0.25) is 0 Å². The van der Waals surface area contributed by atoms with Gasteiger partial charge in [0.1, 0.15) is 5.00 Å². The number of hydrogen-bond donors (Lipinski definition) is 3. The molecule has 6 nitrogen and oxygen atoms in total. The van der Waals surface area contributed by atoms with Gasteiger partial charge in [0, 0.05) is 24.0 Å². The Hall–Kier alpha value is -1.60. The van der Waals surface area contributed by atoms with Crippen LogP contribution in [-0.2, 0) is 12.8 Å². The minimum atomic E-state index is -0.944. The highest BCUT2D eigenvalue weighted by molar-refractivity contribution is 7.17. The topological polar surface area (TPSA) is 81.7 Å². The third-order valence-corrected chi connectivity index (χ3v) is 6.74. The molecule has 1 saturated heterocycles. The minimum Gasteiger partial charge on any atom is -0.478 e. The first-order chi connectivity index (χ1) is 12.3. The van der Waals surface area contributed by atoms with E-state index in [4.69, 9.17) is 0 Å². The molecule has 2 aliphatic rings. The van der Waals surface area contributed by atoms with Crippen molar-refractivity contribution in [1.82, 2.24) is 10.2 Å². The predicted octanol–water partition coefficient (Wildman–Crippen LogP) is 3.57. The predicted molar refractivity (Wildman–Crippen MR) is 104 cm³/mol. The van der Waals surface area contributed by atoms with Crippen molar-refractivity contribution in [2.24, 2.45) is 5.41 Å². The lowest BCUT2D eigenvalue weighted by Gasteiger charge is -2.35. The molecule has 2 amide bonds. The standard InChI is InChI=1S/C19H29N3O3S/c1-19(2)8-7-14-13(10-19)15(17(23)24)16(26-14)21-18(25)22-9-5-4-6-12(22)11-20-3/h12,20H,4-11H2,1-3H3,(H,21,25)(H,23,24)/t12-/m1/s1. The van der Waals surface area contributed by atoms with Gasteiger partial charge in [0.15, 0.2) is 0 Å². The third kappa shape index (κ3) is 3.88. The number of thiophene rings is 1. The van der Waals surface area contributed by atoms with Gasteiger partial charge in [0.25, 0.3) is 0 Å². The van der Waals surface area contributed by atoms with Crippen LogP contribution >= 0.6 is 11.3 Å². The number of anilines is 1. The molecule has 0 unspecified atom stereocenters. The van der Waals surface area contributed by atoms with Crippen LogP contribution in [0.25, 0.3) is 0 Å². The smallest absolute Gasteiger partial charge is 0.339 e. The summed E-state index contributed by atoms with van der Waals surface area (Å²) in [5.74, 6) is -0.944. The van der Waals surface area contributed by atoms with Crippen LogP contribution in [0.1, 0.15) is 60.3 Å². The molecule has 1 aliphatic heterocycles. The van der Waals surface area contributed by atoms with Gasteiger partial charge in [-0.25, -0.2) is 9.59 Å². The van der Waals surface area contributed by atoms with E-state index in [1.165, 1.54) is 11.3 Å². The molecule has 1 atom stereocenters. The first-order valence-electron chi connectivity index (χ1n) is 9.42. The summed E-state index contributed by atoms with van der Waals surface area (Å²) in [5, 5.41) is 16.4. The minimum absolute atomic E-state index is 0.102. The van der Waals surface area contributed by atoms with Crippen LogP contribution in [0.5, 0.6) is 0 Å². The summed E-state index contributed by atoms with van der Waals surface area (Å²) in [7, 11) is 1.89. The lowest BCUT2D eigenvalue weighted by molar-refractivity contribution is 0.0696. The van der Waals surface area contributed by atoms with E-state index in [9.17, 15) is 14.7 Å². The highest BCUT2D eigenvalue weighted by Crippen LogP contribution is 2.43. The normalized spacial score (nSPS) is 22.0. The Labute approximate surface area is 159 Å². The van der Waals surface area contributed by atoms with Crippen molar-refractivity contribution in [1.29, 1.82) is 0 Å². The van der Waals surface area contributed by atoms with E-state index in [0.717, 1.165) is 62.1 Å². The van der Waals surface area contributed by atoms with E-state index in [-0.39, 0.29) is 17.5 Å². The van der Waals surface area contributed by atoms with Crippen LogP contribution < -0.4 is 10.6 Å². The second-order valence-corrected chi connectivity index (χ2v) is 9.29. The zero-order valence-corrected chi connectivity index (χ0v) is 16.7. The largest absolute Gasteiger partial charge is 0.478 e. The number of piperidine rings is 1. The summed E-state index contributed by atoms with van der Waals surface area (Å²) in [6.45, 7) is 5.83. The van der Waals surface area contributed by atoms with Gasteiger partial charge in [-0.2, -0.15) is 0 Å². The number of likely N-dealkylation sites (tertiary alicyclic amines) is 1. The van der Waals surface area contributed by atoms with E-state index < -0.39 is 5.97 Å². The Morgan fingerprint density at radius 2 is 2.12 bits per heavy atom. The number of likely N-dealkylation sites (N-methyl/N-ethyl adjacent to an activating group) is 1. The molecule has 144 valence electrons. The van der Waals surface area contributed by atoms with Gasteiger partial charge in [-0.05, 0) is 56.6 Å². The number of aryl methyl sites for hydroxylation is 1. The molecule has 1 fully saturated rings. The average Bonchev–Trinajstić information content (AvgIpc) is 2.91. The number of urea groups is 1. The number of amides is 2. The van der Waals surface area contributed by atoms with Crippen molar-refractivity contribution in [2.45, 2.75) is 58.4 Å². The van der Waals surface area contributed by atoms with Crippen LogP contribution in [-0.4, -0.2) is 48.2 Å². The Kier molecular flexibility index (Phi) is 5.58. The molecule has 0 saturated carbocycles. The van der Waals surface area contributed by atoms with Crippen molar-refractivity contribution in [3.8, 4) is 0 Å². The zero-order chi connectivity index (χ0) is 18.9. The summed E-state index contributed by atoms with van der Waals surface area (Å²) >= 11 is 1.44. The Morgan fingerprint density at radius 1 is 1.35 bits per heavy atom. The van der Waals surface area contributed by atoms with E-state index >= 15 is 0 Å². The molecule has 3 N–H and O–H groups in total. The number of rotatable bonds is 4. The van der Waals surface area contributed by atoms with Gasteiger partial charge in [0.05, 0.1) is 5.56 Å². The maximum Gasteiger partial charge on any atom is 0.339 e. The highest BCUT2D eigenvalue weighted by atomic mass is 32.1. The molecule has 0 bridgehead atoms. The lowest BCUT2D eigenvalue weighted by Crippen LogP contribution is -2.49. The Morgan fingerprint density at radius 3 is 2.81 bits per heavy atom. The summed E-state index contributed by atoms with van der Waals surface area (Å²) in [5.41, 5.74) is 1.32. The highest BCUT2D eigenvalue weighted by Gasteiger charge is 2.34. The zero-order valence-electron chi connectivity index (χ0n) is 15.9. The maximum absolute atomic E-state index is 12.9. The number of carbonyl (C=O) groups is 2. The molecular formula is C19H29N3O3S. The number of nitrogens with one attached hydrogen (secondary N) is 2. The molecule has 26 heavy (non-hydrogen) atoms. The Bertz CT molecular complexity index is 696. The number of nitrogens with zero attached hydrogens (tertiary/aromatic N) is 1.